The summed E-state index contributed by atoms with van der Waals surface area (Å²) in [5, 5.41) is 0. The van der Waals surface area contributed by atoms with E-state index < -0.39 is 0 Å². The Hall–Kier alpha value is -0.930. The number of hydrogen-bond acceptors (Lipinski definition) is 3. The smallest absolute Gasteiger partial charge is 0.0889 e. The summed E-state index contributed by atoms with van der Waals surface area (Å²) in [7, 11) is 1.66. The van der Waals surface area contributed by atoms with Crippen molar-refractivity contribution >= 4 is 0 Å². The van der Waals surface area contributed by atoms with Crippen molar-refractivity contribution in [1.29, 1.82) is 0 Å². The lowest BCUT2D eigenvalue weighted by Gasteiger charge is -2.03. The molecule has 0 aliphatic carbocycles. The van der Waals surface area contributed by atoms with Gasteiger partial charge in [-0.1, -0.05) is 13.0 Å². The molecule has 0 spiro atoms. The van der Waals surface area contributed by atoms with Crippen molar-refractivity contribution in [1.82, 2.24) is 4.98 Å². The zero-order valence-electron chi connectivity index (χ0n) is 8.82. The highest BCUT2D eigenvalue weighted by molar-refractivity contribution is 5.13. The van der Waals surface area contributed by atoms with Gasteiger partial charge in [-0.15, -0.1) is 0 Å². The number of ether oxygens (including phenoxy) is 2. The largest absolute Gasteiger partial charge is 0.382 e. The average molecular weight is 195 g/mol. The molecule has 0 N–H and O–H groups in total. The Morgan fingerprint density at radius 1 is 1.29 bits per heavy atom. The molecule has 0 aliphatic heterocycles. The summed E-state index contributed by atoms with van der Waals surface area (Å²) in [5.74, 6) is 0. The first-order valence-corrected chi connectivity index (χ1v) is 4.87. The zero-order chi connectivity index (χ0) is 10.2. The van der Waals surface area contributed by atoms with Gasteiger partial charge in [0.1, 0.15) is 0 Å². The van der Waals surface area contributed by atoms with E-state index in [1.54, 1.807) is 7.11 Å². The van der Waals surface area contributed by atoms with E-state index in [9.17, 15) is 0 Å². The van der Waals surface area contributed by atoms with Gasteiger partial charge in [-0.3, -0.25) is 4.98 Å². The Bertz CT molecular complexity index is 246. The van der Waals surface area contributed by atoms with Crippen molar-refractivity contribution in [3.8, 4) is 0 Å². The van der Waals surface area contributed by atoms with Crippen molar-refractivity contribution in [3.63, 3.8) is 0 Å². The minimum Gasteiger partial charge on any atom is -0.382 e. The van der Waals surface area contributed by atoms with E-state index in [1.165, 1.54) is 5.56 Å². The Labute approximate surface area is 85.1 Å². The van der Waals surface area contributed by atoms with E-state index in [0.717, 1.165) is 12.1 Å². The molecule has 3 heteroatoms. The fourth-order valence-electron chi connectivity index (χ4n) is 1.07. The molecule has 0 fully saturated rings. The molecule has 1 heterocycles. The fraction of sp³-hybridized carbons (Fsp3) is 0.545. The molecule has 0 radical (unpaired) electrons. The van der Waals surface area contributed by atoms with Crippen LogP contribution >= 0.6 is 0 Å². The predicted molar refractivity (Wildman–Crippen MR) is 55.1 cm³/mol. The maximum absolute atomic E-state index is 5.35. The van der Waals surface area contributed by atoms with Crippen LogP contribution in [0.4, 0.5) is 0 Å². The lowest BCUT2D eigenvalue weighted by Crippen LogP contribution is -2.02. The van der Waals surface area contributed by atoms with Crippen LogP contribution in [0.5, 0.6) is 0 Å². The molecule has 3 nitrogen and oxygen atoms in total. The number of hydrogen-bond donors (Lipinski definition) is 0. The molecule has 1 aromatic heterocycles. The van der Waals surface area contributed by atoms with Crippen LogP contribution in [-0.4, -0.2) is 25.3 Å². The molecular weight excluding hydrogens is 178 g/mol. The van der Waals surface area contributed by atoms with Crippen molar-refractivity contribution < 1.29 is 9.47 Å². The Morgan fingerprint density at radius 2 is 2.14 bits per heavy atom. The molecule has 0 bridgehead atoms. The van der Waals surface area contributed by atoms with E-state index in [0.29, 0.717) is 19.8 Å². The average Bonchev–Trinajstić information content (AvgIpc) is 2.25. The number of rotatable bonds is 6. The van der Waals surface area contributed by atoms with Gasteiger partial charge in [0, 0.05) is 13.3 Å². The van der Waals surface area contributed by atoms with Crippen LogP contribution in [0.1, 0.15) is 18.2 Å². The maximum Gasteiger partial charge on any atom is 0.0889 e. The lowest BCUT2D eigenvalue weighted by atomic mass is 10.2. The lowest BCUT2D eigenvalue weighted by molar-refractivity contribution is 0.0602. The standard InChI is InChI=1S/C11H17NO2/c1-3-10-4-5-11(12-8-10)9-14-7-6-13-2/h4-5,8H,3,6-7,9H2,1-2H3. The van der Waals surface area contributed by atoms with Gasteiger partial charge < -0.3 is 9.47 Å². The Kier molecular flexibility index (Phi) is 5.19. The summed E-state index contributed by atoms with van der Waals surface area (Å²) >= 11 is 0. The van der Waals surface area contributed by atoms with E-state index in [1.807, 2.05) is 12.3 Å². The van der Waals surface area contributed by atoms with E-state index >= 15 is 0 Å². The quantitative estimate of drug-likeness (QED) is 0.649. The van der Waals surface area contributed by atoms with Gasteiger partial charge in [-0.2, -0.15) is 0 Å². The highest BCUT2D eigenvalue weighted by atomic mass is 16.5. The van der Waals surface area contributed by atoms with Gasteiger partial charge in [-0.05, 0) is 18.1 Å². The summed E-state index contributed by atoms with van der Waals surface area (Å²) in [6, 6.07) is 4.09. The highest BCUT2D eigenvalue weighted by Gasteiger charge is 1.95. The molecule has 78 valence electrons. The molecule has 0 saturated carbocycles. The first-order valence-electron chi connectivity index (χ1n) is 4.87. The summed E-state index contributed by atoms with van der Waals surface area (Å²) in [5.41, 5.74) is 2.23. The molecule has 1 aromatic rings. The molecule has 1 rings (SSSR count). The molecular formula is C11H17NO2. The van der Waals surface area contributed by atoms with Gasteiger partial charge in [0.2, 0.25) is 0 Å². The van der Waals surface area contributed by atoms with Gasteiger partial charge >= 0.3 is 0 Å². The summed E-state index contributed by atoms with van der Waals surface area (Å²) in [4.78, 5) is 4.28. The maximum atomic E-state index is 5.35. The molecule has 0 aliphatic rings. The third-order valence-electron chi connectivity index (χ3n) is 1.98. The van der Waals surface area contributed by atoms with E-state index in [2.05, 4.69) is 18.0 Å². The van der Waals surface area contributed by atoms with Crippen molar-refractivity contribution in [2.45, 2.75) is 20.0 Å². The summed E-state index contributed by atoms with van der Waals surface area (Å²) in [6.45, 7) is 3.93. The van der Waals surface area contributed by atoms with Crippen LogP contribution in [0.15, 0.2) is 18.3 Å². The zero-order valence-corrected chi connectivity index (χ0v) is 8.82. The number of aryl methyl sites for hydroxylation is 1. The molecule has 14 heavy (non-hydrogen) atoms. The number of nitrogens with zero attached hydrogens (tertiary/aromatic N) is 1. The highest BCUT2D eigenvalue weighted by Crippen LogP contribution is 2.02. The second kappa shape index (κ2) is 6.51. The minimum atomic E-state index is 0.563. The second-order valence-corrected chi connectivity index (χ2v) is 3.06. The number of pyridine rings is 1. The van der Waals surface area contributed by atoms with Gasteiger partial charge in [0.15, 0.2) is 0 Å². The third-order valence-corrected chi connectivity index (χ3v) is 1.98. The van der Waals surface area contributed by atoms with Crippen molar-refractivity contribution in [3.05, 3.63) is 29.6 Å². The van der Waals surface area contributed by atoms with E-state index in [-0.39, 0.29) is 0 Å². The van der Waals surface area contributed by atoms with Crippen LogP contribution in [0.3, 0.4) is 0 Å². The fourth-order valence-corrected chi connectivity index (χ4v) is 1.07. The van der Waals surface area contributed by atoms with Gasteiger partial charge in [0.05, 0.1) is 25.5 Å². The molecule has 0 saturated heterocycles. The minimum absolute atomic E-state index is 0.563. The van der Waals surface area contributed by atoms with Crippen molar-refractivity contribution in [2.75, 3.05) is 20.3 Å². The molecule has 0 atom stereocenters. The second-order valence-electron chi connectivity index (χ2n) is 3.06. The van der Waals surface area contributed by atoms with Crippen LogP contribution in [0.25, 0.3) is 0 Å². The van der Waals surface area contributed by atoms with Crippen LogP contribution in [0.2, 0.25) is 0 Å². The van der Waals surface area contributed by atoms with Crippen LogP contribution in [0, 0.1) is 0 Å². The SMILES string of the molecule is CCc1ccc(COCCOC)nc1. The van der Waals surface area contributed by atoms with Gasteiger partial charge in [-0.25, -0.2) is 0 Å². The molecule has 0 unspecified atom stereocenters. The normalized spacial score (nSPS) is 10.4. The number of aromatic nitrogens is 1. The predicted octanol–water partition coefficient (Wildman–Crippen LogP) is 1.81. The third kappa shape index (κ3) is 3.85. The van der Waals surface area contributed by atoms with Gasteiger partial charge in [0.25, 0.3) is 0 Å². The first kappa shape index (κ1) is 11.1. The Morgan fingerprint density at radius 3 is 2.71 bits per heavy atom. The Balaban J connectivity index is 2.29. The summed E-state index contributed by atoms with van der Waals surface area (Å²) in [6.07, 6.45) is 2.92. The van der Waals surface area contributed by atoms with Crippen LogP contribution in [-0.2, 0) is 22.5 Å². The monoisotopic (exact) mass is 195 g/mol. The number of methoxy groups -OCH3 is 1. The molecule has 0 aromatic carbocycles. The van der Waals surface area contributed by atoms with E-state index in [4.69, 9.17) is 9.47 Å². The van der Waals surface area contributed by atoms with Crippen molar-refractivity contribution in [2.24, 2.45) is 0 Å². The molecule has 0 amide bonds. The van der Waals surface area contributed by atoms with Crippen LogP contribution < -0.4 is 0 Å². The summed E-state index contributed by atoms with van der Waals surface area (Å²) < 4.78 is 10.2. The topological polar surface area (TPSA) is 31.4 Å². The first-order chi connectivity index (χ1) is 6.86.